The lowest BCUT2D eigenvalue weighted by atomic mass is 10.1. The molecule has 2 amide bonds. The van der Waals surface area contributed by atoms with Gasteiger partial charge in [-0.05, 0) is 50.8 Å². The molecule has 1 aliphatic carbocycles. The molecule has 140 valence electrons. The summed E-state index contributed by atoms with van der Waals surface area (Å²) in [6.45, 7) is 3.82. The van der Waals surface area contributed by atoms with E-state index >= 15 is 0 Å². The van der Waals surface area contributed by atoms with Crippen molar-refractivity contribution in [3.8, 4) is 0 Å². The van der Waals surface area contributed by atoms with E-state index in [-0.39, 0.29) is 36.2 Å². The SMILES string of the molecule is CCOCCCNC(=O)c1cccc(NC(=O)C2CCC(N)C2)c1.Cl. The van der Waals surface area contributed by atoms with Crippen LogP contribution in [0.3, 0.4) is 0 Å². The molecule has 6 nitrogen and oxygen atoms in total. The van der Waals surface area contributed by atoms with E-state index in [2.05, 4.69) is 10.6 Å². The lowest BCUT2D eigenvalue weighted by molar-refractivity contribution is -0.119. The molecule has 25 heavy (non-hydrogen) atoms. The maximum absolute atomic E-state index is 12.2. The maximum atomic E-state index is 12.2. The summed E-state index contributed by atoms with van der Waals surface area (Å²) < 4.78 is 5.23. The zero-order chi connectivity index (χ0) is 17.4. The Balaban J connectivity index is 0.00000312. The molecule has 0 aliphatic heterocycles. The van der Waals surface area contributed by atoms with Crippen LogP contribution in [0.2, 0.25) is 0 Å². The van der Waals surface area contributed by atoms with Gasteiger partial charge in [0.25, 0.3) is 5.91 Å². The van der Waals surface area contributed by atoms with Crippen molar-refractivity contribution >= 4 is 29.9 Å². The maximum Gasteiger partial charge on any atom is 0.251 e. The third-order valence-corrected chi connectivity index (χ3v) is 4.19. The molecular formula is C18H28ClN3O3. The van der Waals surface area contributed by atoms with Crippen molar-refractivity contribution in [2.24, 2.45) is 11.7 Å². The van der Waals surface area contributed by atoms with Crippen LogP contribution in [0, 0.1) is 5.92 Å². The van der Waals surface area contributed by atoms with Crippen LogP contribution in [0.15, 0.2) is 24.3 Å². The third kappa shape index (κ3) is 7.02. The fraction of sp³-hybridized carbons (Fsp3) is 0.556. The van der Waals surface area contributed by atoms with Crippen molar-refractivity contribution < 1.29 is 14.3 Å². The van der Waals surface area contributed by atoms with Crippen molar-refractivity contribution in [2.75, 3.05) is 25.1 Å². The summed E-state index contributed by atoms with van der Waals surface area (Å²) in [5.74, 6) is -0.196. The highest BCUT2D eigenvalue weighted by molar-refractivity contribution is 5.97. The summed E-state index contributed by atoms with van der Waals surface area (Å²) in [5.41, 5.74) is 7.03. The molecule has 2 atom stereocenters. The van der Waals surface area contributed by atoms with Gasteiger partial charge in [0.1, 0.15) is 0 Å². The standard InChI is InChI=1S/C18H27N3O3.ClH/c1-2-24-10-4-9-20-17(22)13-5-3-6-16(12-13)21-18(23)14-7-8-15(19)11-14;/h3,5-6,12,14-15H,2,4,7-11,19H2,1H3,(H,20,22)(H,21,23);1H. The molecule has 0 aromatic heterocycles. The monoisotopic (exact) mass is 369 g/mol. The number of rotatable bonds is 8. The molecule has 7 heteroatoms. The molecule has 1 saturated carbocycles. The zero-order valence-corrected chi connectivity index (χ0v) is 15.4. The molecule has 0 heterocycles. The Kier molecular flexibility index (Phi) is 9.49. The summed E-state index contributed by atoms with van der Waals surface area (Å²) in [7, 11) is 0. The summed E-state index contributed by atoms with van der Waals surface area (Å²) >= 11 is 0. The topological polar surface area (TPSA) is 93.5 Å². The average molecular weight is 370 g/mol. The van der Waals surface area contributed by atoms with Crippen molar-refractivity contribution in [2.45, 2.75) is 38.6 Å². The van der Waals surface area contributed by atoms with E-state index in [1.165, 1.54) is 0 Å². The van der Waals surface area contributed by atoms with Crippen LogP contribution >= 0.6 is 12.4 Å². The predicted octanol–water partition coefficient (Wildman–Crippen LogP) is 2.33. The van der Waals surface area contributed by atoms with Crippen molar-refractivity contribution in [1.29, 1.82) is 0 Å². The Morgan fingerprint density at radius 2 is 2.12 bits per heavy atom. The number of hydrogen-bond donors (Lipinski definition) is 3. The van der Waals surface area contributed by atoms with Crippen LogP contribution in [0.25, 0.3) is 0 Å². The molecule has 2 unspecified atom stereocenters. The molecule has 4 N–H and O–H groups in total. The van der Waals surface area contributed by atoms with E-state index in [0.717, 1.165) is 25.7 Å². The van der Waals surface area contributed by atoms with Crippen molar-refractivity contribution in [3.63, 3.8) is 0 Å². The first kappa shape index (κ1) is 21.4. The Morgan fingerprint density at radius 1 is 1.32 bits per heavy atom. The number of amides is 2. The molecule has 1 aromatic rings. The fourth-order valence-corrected chi connectivity index (χ4v) is 2.86. The minimum absolute atomic E-state index is 0. The number of anilines is 1. The number of nitrogens with one attached hydrogen (secondary N) is 2. The summed E-state index contributed by atoms with van der Waals surface area (Å²) in [4.78, 5) is 24.4. The number of ether oxygens (including phenoxy) is 1. The third-order valence-electron chi connectivity index (χ3n) is 4.19. The van der Waals surface area contributed by atoms with Crippen LogP contribution in [0.4, 0.5) is 5.69 Å². The molecular weight excluding hydrogens is 342 g/mol. The summed E-state index contributed by atoms with van der Waals surface area (Å²) in [5, 5.41) is 5.74. The quantitative estimate of drug-likeness (QED) is 0.613. The molecule has 1 aromatic carbocycles. The normalized spacial score (nSPS) is 19.1. The van der Waals surface area contributed by atoms with Gasteiger partial charge in [0.2, 0.25) is 5.91 Å². The Labute approximate surface area is 155 Å². The van der Waals surface area contributed by atoms with Crippen molar-refractivity contribution in [1.82, 2.24) is 5.32 Å². The van der Waals surface area contributed by atoms with Crippen LogP contribution in [-0.4, -0.2) is 37.6 Å². The van der Waals surface area contributed by atoms with Crippen LogP contribution in [0.1, 0.15) is 43.0 Å². The first-order chi connectivity index (χ1) is 11.6. The second-order valence-corrected chi connectivity index (χ2v) is 6.15. The van der Waals surface area contributed by atoms with Gasteiger partial charge in [-0.25, -0.2) is 0 Å². The molecule has 1 aliphatic rings. The van der Waals surface area contributed by atoms with Crippen LogP contribution in [-0.2, 0) is 9.53 Å². The molecule has 0 spiro atoms. The first-order valence-corrected chi connectivity index (χ1v) is 8.62. The van der Waals surface area contributed by atoms with Gasteiger partial charge in [0.05, 0.1) is 0 Å². The predicted molar refractivity (Wildman–Crippen MR) is 101 cm³/mol. The molecule has 0 bridgehead atoms. The number of benzene rings is 1. The molecule has 2 rings (SSSR count). The number of carbonyl (C=O) groups excluding carboxylic acids is 2. The second kappa shape index (κ2) is 11.1. The van der Waals surface area contributed by atoms with E-state index in [4.69, 9.17) is 10.5 Å². The van der Waals surface area contributed by atoms with Crippen molar-refractivity contribution in [3.05, 3.63) is 29.8 Å². The molecule has 0 saturated heterocycles. The van der Waals surface area contributed by atoms with Gasteiger partial charge in [-0.2, -0.15) is 0 Å². The van der Waals surface area contributed by atoms with Gasteiger partial charge < -0.3 is 21.1 Å². The van der Waals surface area contributed by atoms with Crippen LogP contribution in [0.5, 0.6) is 0 Å². The fourth-order valence-electron chi connectivity index (χ4n) is 2.86. The van der Waals surface area contributed by atoms with Crippen LogP contribution < -0.4 is 16.4 Å². The second-order valence-electron chi connectivity index (χ2n) is 6.15. The highest BCUT2D eigenvalue weighted by Crippen LogP contribution is 2.25. The molecule has 1 fully saturated rings. The zero-order valence-electron chi connectivity index (χ0n) is 14.6. The van der Waals surface area contributed by atoms with E-state index in [9.17, 15) is 9.59 Å². The number of hydrogen-bond acceptors (Lipinski definition) is 4. The van der Waals surface area contributed by atoms with E-state index in [0.29, 0.717) is 31.0 Å². The van der Waals surface area contributed by atoms with Gasteiger partial charge >= 0.3 is 0 Å². The highest BCUT2D eigenvalue weighted by Gasteiger charge is 2.27. The minimum atomic E-state index is -0.148. The van der Waals surface area contributed by atoms with E-state index < -0.39 is 0 Å². The number of nitrogens with two attached hydrogens (primary N) is 1. The van der Waals surface area contributed by atoms with Gasteiger partial charge in [-0.1, -0.05) is 6.07 Å². The van der Waals surface area contributed by atoms with Gasteiger partial charge in [-0.3, -0.25) is 9.59 Å². The van der Waals surface area contributed by atoms with Gasteiger partial charge in [0.15, 0.2) is 0 Å². The first-order valence-electron chi connectivity index (χ1n) is 8.62. The summed E-state index contributed by atoms with van der Waals surface area (Å²) in [6, 6.07) is 7.11. The van der Waals surface area contributed by atoms with E-state index in [1.54, 1.807) is 24.3 Å². The number of halogens is 1. The number of carbonyl (C=O) groups is 2. The lowest BCUT2D eigenvalue weighted by Crippen LogP contribution is -2.26. The minimum Gasteiger partial charge on any atom is -0.382 e. The Hall–Kier alpha value is -1.63. The summed E-state index contributed by atoms with van der Waals surface area (Å²) in [6.07, 6.45) is 3.22. The molecule has 0 radical (unpaired) electrons. The van der Waals surface area contributed by atoms with Gasteiger partial charge in [-0.15, -0.1) is 12.4 Å². The Morgan fingerprint density at radius 3 is 2.80 bits per heavy atom. The van der Waals surface area contributed by atoms with E-state index in [1.807, 2.05) is 6.92 Å². The average Bonchev–Trinajstić information content (AvgIpc) is 3.01. The highest BCUT2D eigenvalue weighted by atomic mass is 35.5. The smallest absolute Gasteiger partial charge is 0.251 e. The lowest BCUT2D eigenvalue weighted by Gasteiger charge is -2.12. The van der Waals surface area contributed by atoms with Gasteiger partial charge in [0, 0.05) is 43.0 Å². The Bertz CT molecular complexity index is 568. The largest absolute Gasteiger partial charge is 0.382 e.